The van der Waals surface area contributed by atoms with Gasteiger partial charge in [-0.05, 0) is 13.3 Å². The first-order chi connectivity index (χ1) is 9.82. The van der Waals surface area contributed by atoms with Crippen LogP contribution in [0.25, 0.3) is 0 Å². The molecule has 0 fully saturated rings. The Morgan fingerprint density at radius 1 is 1.24 bits per heavy atom. The highest BCUT2D eigenvalue weighted by Gasteiger charge is 2.31. The van der Waals surface area contributed by atoms with Gasteiger partial charge in [-0.2, -0.15) is 0 Å². The van der Waals surface area contributed by atoms with Crippen molar-refractivity contribution in [1.29, 1.82) is 0 Å². The first kappa shape index (κ1) is 19.3. The SMILES string of the molecule is C=C(CCC[N+](C=CC(=O)O)(CC)N(CO)CO)C(=O)O. The zero-order valence-electron chi connectivity index (χ0n) is 12.1. The van der Waals surface area contributed by atoms with E-state index in [0.717, 1.165) is 6.08 Å². The molecule has 1 atom stereocenters. The highest BCUT2D eigenvalue weighted by Crippen LogP contribution is 2.17. The minimum Gasteiger partial charge on any atom is -0.478 e. The quantitative estimate of drug-likeness (QED) is 0.183. The summed E-state index contributed by atoms with van der Waals surface area (Å²) in [5.74, 6) is -2.22. The predicted molar refractivity (Wildman–Crippen MR) is 74.5 cm³/mol. The third-order valence-electron chi connectivity index (χ3n) is 3.26. The number of carbonyl (C=O) groups is 2. The van der Waals surface area contributed by atoms with Crippen LogP contribution in [0.4, 0.5) is 0 Å². The fourth-order valence-corrected chi connectivity index (χ4v) is 1.95. The van der Waals surface area contributed by atoms with E-state index in [1.807, 2.05) is 0 Å². The number of hydrogen-bond acceptors (Lipinski definition) is 5. The van der Waals surface area contributed by atoms with Crippen molar-refractivity contribution in [3.63, 3.8) is 0 Å². The van der Waals surface area contributed by atoms with Gasteiger partial charge in [0.15, 0.2) is 0 Å². The van der Waals surface area contributed by atoms with Gasteiger partial charge in [0.2, 0.25) is 0 Å². The molecule has 0 aliphatic carbocycles. The zero-order chi connectivity index (χ0) is 16.5. The number of rotatable bonds is 11. The molecule has 0 aromatic rings. The van der Waals surface area contributed by atoms with Crippen molar-refractivity contribution in [2.75, 3.05) is 26.6 Å². The highest BCUT2D eigenvalue weighted by atomic mass is 16.4. The van der Waals surface area contributed by atoms with Crippen LogP contribution in [0.15, 0.2) is 24.4 Å². The molecule has 0 rings (SSSR count). The molecule has 0 bridgehead atoms. The van der Waals surface area contributed by atoms with Crippen molar-refractivity contribution in [3.8, 4) is 0 Å². The molecule has 0 aromatic carbocycles. The van der Waals surface area contributed by atoms with Gasteiger partial charge in [-0.15, -0.1) is 0 Å². The number of aliphatic hydroxyl groups is 2. The Balaban J connectivity index is 5.05. The van der Waals surface area contributed by atoms with Crippen molar-refractivity contribution >= 4 is 11.9 Å². The minimum absolute atomic E-state index is 0.0611. The zero-order valence-corrected chi connectivity index (χ0v) is 12.1. The van der Waals surface area contributed by atoms with Gasteiger partial charge in [0.25, 0.3) is 0 Å². The van der Waals surface area contributed by atoms with Crippen LogP contribution in [0.2, 0.25) is 0 Å². The van der Waals surface area contributed by atoms with Crippen LogP contribution in [0.1, 0.15) is 19.8 Å². The van der Waals surface area contributed by atoms with Gasteiger partial charge < -0.3 is 20.4 Å². The Kier molecular flexibility index (Phi) is 8.48. The van der Waals surface area contributed by atoms with Crippen LogP contribution >= 0.6 is 0 Å². The topological polar surface area (TPSA) is 118 Å². The summed E-state index contributed by atoms with van der Waals surface area (Å²) in [5, 5.41) is 37.4. The summed E-state index contributed by atoms with van der Waals surface area (Å²) in [6.45, 7) is 4.99. The number of quaternary nitrogens is 1. The van der Waals surface area contributed by atoms with E-state index in [1.165, 1.54) is 11.2 Å². The third kappa shape index (κ3) is 6.05. The molecule has 0 aliphatic rings. The van der Waals surface area contributed by atoms with Crippen molar-refractivity contribution in [2.24, 2.45) is 0 Å². The maximum Gasteiger partial charge on any atom is 0.333 e. The van der Waals surface area contributed by atoms with Gasteiger partial charge in [0.05, 0.1) is 12.6 Å². The van der Waals surface area contributed by atoms with E-state index in [4.69, 9.17) is 10.2 Å². The number of hydrogen-bond donors (Lipinski definition) is 4. The normalized spacial score (nSPS) is 14.3. The summed E-state index contributed by atoms with van der Waals surface area (Å²) in [6, 6.07) is 0. The Labute approximate surface area is 123 Å². The molecular formula is C13H23N2O6+. The van der Waals surface area contributed by atoms with Gasteiger partial charge in [0.1, 0.15) is 26.2 Å². The summed E-state index contributed by atoms with van der Waals surface area (Å²) in [5.41, 5.74) is 0.0611. The fourth-order valence-electron chi connectivity index (χ4n) is 1.95. The van der Waals surface area contributed by atoms with Gasteiger partial charge in [-0.1, -0.05) is 11.6 Å². The Morgan fingerprint density at radius 2 is 1.81 bits per heavy atom. The first-order valence-electron chi connectivity index (χ1n) is 6.50. The third-order valence-corrected chi connectivity index (χ3v) is 3.26. The molecule has 0 amide bonds. The Hall–Kier alpha value is -1.74. The van der Waals surface area contributed by atoms with Gasteiger partial charge in [-0.25, -0.2) is 14.2 Å². The van der Waals surface area contributed by atoms with Crippen molar-refractivity contribution in [2.45, 2.75) is 19.8 Å². The molecule has 0 radical (unpaired) electrons. The number of carboxylic acid groups (broad SMARTS) is 2. The largest absolute Gasteiger partial charge is 0.478 e. The smallest absolute Gasteiger partial charge is 0.333 e. The van der Waals surface area contributed by atoms with Crippen LogP contribution in [0.3, 0.4) is 0 Å². The number of aliphatic carboxylic acids is 2. The van der Waals surface area contributed by atoms with E-state index < -0.39 is 25.4 Å². The maximum atomic E-state index is 10.7. The average molecular weight is 303 g/mol. The second-order valence-electron chi connectivity index (χ2n) is 4.48. The van der Waals surface area contributed by atoms with Gasteiger partial charge in [-0.3, -0.25) is 0 Å². The molecule has 120 valence electrons. The molecular weight excluding hydrogens is 280 g/mol. The lowest BCUT2D eigenvalue weighted by atomic mass is 10.1. The van der Waals surface area contributed by atoms with Crippen LogP contribution in [0, 0.1) is 0 Å². The number of nitrogens with zero attached hydrogens (tertiary/aromatic N) is 2. The lowest BCUT2D eigenvalue weighted by Gasteiger charge is -2.40. The van der Waals surface area contributed by atoms with E-state index in [2.05, 4.69) is 6.58 Å². The first-order valence-corrected chi connectivity index (χ1v) is 6.50. The van der Waals surface area contributed by atoms with Crippen molar-refractivity contribution in [3.05, 3.63) is 24.4 Å². The van der Waals surface area contributed by atoms with E-state index in [9.17, 15) is 19.8 Å². The van der Waals surface area contributed by atoms with E-state index in [1.54, 1.807) is 6.92 Å². The molecule has 0 spiro atoms. The predicted octanol–water partition coefficient (Wildman–Crippen LogP) is -0.0410. The molecule has 0 saturated heterocycles. The maximum absolute atomic E-state index is 10.7. The van der Waals surface area contributed by atoms with Crippen LogP contribution < -0.4 is 0 Å². The lowest BCUT2D eigenvalue weighted by molar-refractivity contribution is -0.997. The molecule has 0 heterocycles. The second kappa shape index (κ2) is 9.24. The summed E-state index contributed by atoms with van der Waals surface area (Å²) < 4.78 is -0.0911. The summed E-state index contributed by atoms with van der Waals surface area (Å²) in [6.07, 6.45) is 2.95. The Morgan fingerprint density at radius 3 is 2.19 bits per heavy atom. The molecule has 0 aliphatic heterocycles. The molecule has 0 saturated carbocycles. The van der Waals surface area contributed by atoms with Crippen LogP contribution in [-0.2, 0) is 9.59 Å². The fraction of sp³-hybridized carbons (Fsp3) is 0.538. The molecule has 1 unspecified atom stereocenters. The highest BCUT2D eigenvalue weighted by molar-refractivity contribution is 5.85. The average Bonchev–Trinajstić information content (AvgIpc) is 2.44. The van der Waals surface area contributed by atoms with Crippen LogP contribution in [0.5, 0.6) is 0 Å². The van der Waals surface area contributed by atoms with Crippen molar-refractivity contribution < 1.29 is 34.6 Å². The number of carboxylic acids is 2. The molecule has 4 N–H and O–H groups in total. The molecule has 0 aromatic heterocycles. The van der Waals surface area contributed by atoms with E-state index in [-0.39, 0.29) is 16.6 Å². The minimum atomic E-state index is -1.14. The monoisotopic (exact) mass is 303 g/mol. The standard InChI is InChI=1S/C13H22N2O6/c1-3-15(8-6-12(18)19,14(9-16)10-17)7-4-5-11(2)13(20)21/h6,8,16-17H,2-5,7,9-10H2,1H3,(H-,18,19,20,21)/p+1. The molecule has 8 heteroatoms. The Bertz CT molecular complexity index is 405. The van der Waals surface area contributed by atoms with E-state index in [0.29, 0.717) is 19.5 Å². The molecule has 8 nitrogen and oxygen atoms in total. The number of aliphatic hydroxyl groups excluding tert-OH is 2. The summed E-state index contributed by atoms with van der Waals surface area (Å²) >= 11 is 0. The van der Waals surface area contributed by atoms with Gasteiger partial charge >= 0.3 is 11.9 Å². The second-order valence-corrected chi connectivity index (χ2v) is 4.48. The lowest BCUT2D eigenvalue weighted by Crippen LogP contribution is -2.57. The van der Waals surface area contributed by atoms with Crippen molar-refractivity contribution in [1.82, 2.24) is 5.01 Å². The van der Waals surface area contributed by atoms with Gasteiger partial charge in [0, 0.05) is 12.0 Å². The summed E-state index contributed by atoms with van der Waals surface area (Å²) in [4.78, 5) is 21.4. The molecule has 21 heavy (non-hydrogen) atoms. The van der Waals surface area contributed by atoms with Crippen LogP contribution in [-0.4, -0.2) is 68.5 Å². The summed E-state index contributed by atoms with van der Waals surface area (Å²) in [7, 11) is 0. The van der Waals surface area contributed by atoms with E-state index >= 15 is 0 Å².